The van der Waals surface area contributed by atoms with E-state index in [1.165, 1.54) is 19.3 Å². The first kappa shape index (κ1) is 31.1. The second-order valence-electron chi connectivity index (χ2n) is 8.20. The van der Waals surface area contributed by atoms with Crippen LogP contribution in [-0.4, -0.2) is 23.8 Å². The Hall–Kier alpha value is -3.91. The molecule has 1 saturated heterocycles. The molecular weight excluding hydrogens is 454 g/mol. The molecule has 1 aliphatic rings. The van der Waals surface area contributed by atoms with Gasteiger partial charge in [0.25, 0.3) is 0 Å². The van der Waals surface area contributed by atoms with Gasteiger partial charge in [0.15, 0.2) is 0 Å². The van der Waals surface area contributed by atoms with Gasteiger partial charge in [-0.2, -0.15) is 5.26 Å². The van der Waals surface area contributed by atoms with Crippen LogP contribution in [0.15, 0.2) is 85.0 Å². The van der Waals surface area contributed by atoms with Gasteiger partial charge in [0.1, 0.15) is 0 Å². The van der Waals surface area contributed by atoms with Crippen molar-refractivity contribution < 1.29 is 0 Å². The van der Waals surface area contributed by atoms with E-state index in [0.29, 0.717) is 17.0 Å². The summed E-state index contributed by atoms with van der Waals surface area (Å²) in [6, 6.07) is 10.3. The molecule has 37 heavy (non-hydrogen) atoms. The molecule has 1 fully saturated rings. The van der Waals surface area contributed by atoms with Gasteiger partial charge < -0.3 is 10.2 Å². The van der Waals surface area contributed by atoms with Crippen molar-refractivity contribution in [3.8, 4) is 17.2 Å². The molecule has 0 bridgehead atoms. The fourth-order valence-electron chi connectivity index (χ4n) is 3.82. The molecule has 0 unspecified atom stereocenters. The number of nitriles is 1. The highest BCUT2D eigenvalue weighted by Gasteiger charge is 2.14. The standard InChI is InChI=1S/C28H31N5.2C2H6/c1-5-25(12-9-20(2)17-29)32-22(4)28(30)27-16-23(11-10-21(27)3)24-15-26(19-31-18-24)33-13-7-6-8-14-33;2*1-2/h5,9-12,15-16,18-19,30,32H,2,4,6-8,13-14H2,1,3H3;2*1-2H3/b12-9-,25-5+,30-28?;;. The van der Waals surface area contributed by atoms with Crippen molar-refractivity contribution in [2.24, 2.45) is 0 Å². The number of nitrogens with zero attached hydrogens (tertiary/aromatic N) is 3. The number of aromatic nitrogens is 1. The molecule has 2 N–H and O–H groups in total. The highest BCUT2D eigenvalue weighted by Crippen LogP contribution is 2.27. The van der Waals surface area contributed by atoms with E-state index in [1.807, 2.05) is 78.2 Å². The molecule has 1 aromatic heterocycles. The van der Waals surface area contributed by atoms with Gasteiger partial charge in [0.2, 0.25) is 0 Å². The van der Waals surface area contributed by atoms with E-state index in [-0.39, 0.29) is 0 Å². The maximum atomic E-state index is 8.88. The number of piperidine rings is 1. The minimum absolute atomic E-state index is 0.321. The third kappa shape index (κ3) is 9.24. The number of pyridine rings is 1. The summed E-state index contributed by atoms with van der Waals surface area (Å²) in [4.78, 5) is 6.89. The van der Waals surface area contributed by atoms with Gasteiger partial charge >= 0.3 is 0 Å². The van der Waals surface area contributed by atoms with Crippen LogP contribution in [0.4, 0.5) is 5.69 Å². The normalized spacial score (nSPS) is 12.9. The SMILES string of the molecule is C=C(C#N)/C=C\C(=C/C)NC(=C)C(=N)c1cc(-c2cncc(N3CCCCC3)c2)ccc1C.CC.CC. The zero-order chi connectivity index (χ0) is 27.8. The molecule has 0 atom stereocenters. The Morgan fingerprint density at radius 3 is 2.32 bits per heavy atom. The van der Waals surface area contributed by atoms with E-state index < -0.39 is 0 Å². The molecule has 0 amide bonds. The number of benzene rings is 1. The fourth-order valence-corrected chi connectivity index (χ4v) is 3.82. The Balaban J connectivity index is 0.00000163. The summed E-state index contributed by atoms with van der Waals surface area (Å²) in [5, 5.41) is 20.8. The molecule has 5 nitrogen and oxygen atoms in total. The van der Waals surface area contributed by atoms with Gasteiger partial charge in [-0.25, -0.2) is 0 Å². The Labute approximate surface area is 224 Å². The summed E-state index contributed by atoms with van der Waals surface area (Å²) in [5.74, 6) is 0. The third-order valence-corrected chi connectivity index (χ3v) is 5.80. The predicted molar refractivity (Wildman–Crippen MR) is 160 cm³/mol. The summed E-state index contributed by atoms with van der Waals surface area (Å²) in [6.07, 6.45) is 12.8. The number of anilines is 1. The monoisotopic (exact) mass is 497 g/mol. The summed E-state index contributed by atoms with van der Waals surface area (Å²) in [7, 11) is 0. The van der Waals surface area contributed by atoms with Gasteiger partial charge in [0.05, 0.1) is 29.4 Å². The molecule has 0 aliphatic carbocycles. The molecule has 2 aromatic rings. The van der Waals surface area contributed by atoms with Crippen LogP contribution in [0, 0.1) is 23.7 Å². The molecular formula is C32H43N5. The van der Waals surface area contributed by atoms with Crippen LogP contribution in [-0.2, 0) is 0 Å². The number of aryl methyl sites for hydroxylation is 1. The van der Waals surface area contributed by atoms with Crippen molar-refractivity contribution in [1.82, 2.24) is 10.3 Å². The molecule has 5 heteroatoms. The number of hydrogen-bond donors (Lipinski definition) is 2. The van der Waals surface area contributed by atoms with Crippen LogP contribution in [0.2, 0.25) is 0 Å². The van der Waals surface area contributed by atoms with E-state index in [2.05, 4.69) is 40.5 Å². The quantitative estimate of drug-likeness (QED) is 0.219. The van der Waals surface area contributed by atoms with Crippen molar-refractivity contribution in [2.75, 3.05) is 18.0 Å². The van der Waals surface area contributed by atoms with E-state index in [9.17, 15) is 0 Å². The van der Waals surface area contributed by atoms with Gasteiger partial charge in [-0.15, -0.1) is 0 Å². The molecule has 1 aliphatic heterocycles. The summed E-state index contributed by atoms with van der Waals surface area (Å²) in [6.45, 7) is 21.7. The second kappa shape index (κ2) is 16.7. The Bertz CT molecular complexity index is 1160. The summed E-state index contributed by atoms with van der Waals surface area (Å²) >= 11 is 0. The maximum absolute atomic E-state index is 8.88. The minimum Gasteiger partial charge on any atom is -0.370 e. The van der Waals surface area contributed by atoms with Crippen LogP contribution in [0.25, 0.3) is 11.1 Å². The van der Waals surface area contributed by atoms with E-state index in [0.717, 1.165) is 46.7 Å². The van der Waals surface area contributed by atoms with E-state index >= 15 is 0 Å². The molecule has 2 heterocycles. The van der Waals surface area contributed by atoms with E-state index in [4.69, 9.17) is 10.7 Å². The largest absolute Gasteiger partial charge is 0.370 e. The first-order valence-electron chi connectivity index (χ1n) is 13.2. The lowest BCUT2D eigenvalue weighted by atomic mass is 9.96. The van der Waals surface area contributed by atoms with Crippen LogP contribution < -0.4 is 10.2 Å². The molecule has 0 saturated carbocycles. The van der Waals surface area contributed by atoms with Gasteiger partial charge in [-0.3, -0.25) is 10.4 Å². The third-order valence-electron chi connectivity index (χ3n) is 5.80. The van der Waals surface area contributed by atoms with Crippen molar-refractivity contribution in [3.63, 3.8) is 0 Å². The minimum atomic E-state index is 0.321. The van der Waals surface area contributed by atoms with Gasteiger partial charge in [-0.05, 0) is 68.5 Å². The first-order chi connectivity index (χ1) is 17.9. The lowest BCUT2D eigenvalue weighted by Crippen LogP contribution is -2.29. The molecule has 0 radical (unpaired) electrons. The summed E-state index contributed by atoms with van der Waals surface area (Å²) in [5.41, 5.74) is 6.94. The molecule has 0 spiro atoms. The van der Waals surface area contributed by atoms with Gasteiger partial charge in [0, 0.05) is 41.7 Å². The predicted octanol–water partition coefficient (Wildman–Crippen LogP) is 8.11. The number of allylic oxidation sites excluding steroid dienone is 5. The zero-order valence-corrected chi connectivity index (χ0v) is 23.5. The van der Waals surface area contributed by atoms with Crippen molar-refractivity contribution in [1.29, 1.82) is 10.7 Å². The molecule has 3 rings (SSSR count). The van der Waals surface area contributed by atoms with Crippen molar-refractivity contribution in [2.45, 2.75) is 60.8 Å². The van der Waals surface area contributed by atoms with Crippen LogP contribution in [0.5, 0.6) is 0 Å². The number of rotatable bonds is 8. The van der Waals surface area contributed by atoms with Gasteiger partial charge in [-0.1, -0.05) is 59.1 Å². The maximum Gasteiger partial charge on any atom is 0.0985 e. The van der Waals surface area contributed by atoms with Crippen molar-refractivity contribution >= 4 is 11.4 Å². The second-order valence-corrected chi connectivity index (χ2v) is 8.20. The first-order valence-corrected chi connectivity index (χ1v) is 13.2. The fraction of sp³-hybridized carbons (Fsp3) is 0.344. The van der Waals surface area contributed by atoms with Crippen LogP contribution >= 0.6 is 0 Å². The molecule has 196 valence electrons. The number of nitrogens with one attached hydrogen (secondary N) is 2. The van der Waals surface area contributed by atoms with Crippen molar-refractivity contribution in [3.05, 3.63) is 96.1 Å². The number of hydrogen-bond acceptors (Lipinski definition) is 5. The highest BCUT2D eigenvalue weighted by atomic mass is 15.1. The average Bonchev–Trinajstić information content (AvgIpc) is 2.97. The Morgan fingerprint density at radius 1 is 1.03 bits per heavy atom. The average molecular weight is 498 g/mol. The smallest absolute Gasteiger partial charge is 0.0985 e. The zero-order valence-electron chi connectivity index (χ0n) is 23.5. The summed E-state index contributed by atoms with van der Waals surface area (Å²) < 4.78 is 0. The topological polar surface area (TPSA) is 75.8 Å². The lowest BCUT2D eigenvalue weighted by Gasteiger charge is -2.28. The Morgan fingerprint density at radius 2 is 1.70 bits per heavy atom. The van der Waals surface area contributed by atoms with Crippen LogP contribution in [0.1, 0.15) is 65.0 Å². The van der Waals surface area contributed by atoms with E-state index in [1.54, 1.807) is 12.2 Å². The Kier molecular flexibility index (Phi) is 14.1. The lowest BCUT2D eigenvalue weighted by molar-refractivity contribution is 0.577. The van der Waals surface area contributed by atoms with Crippen LogP contribution in [0.3, 0.4) is 0 Å². The molecule has 1 aromatic carbocycles. The highest BCUT2D eigenvalue weighted by molar-refractivity contribution is 6.11.